The van der Waals surface area contributed by atoms with Gasteiger partial charge in [0.15, 0.2) is 5.96 Å². The van der Waals surface area contributed by atoms with Gasteiger partial charge in [-0.1, -0.05) is 31.8 Å². The quantitative estimate of drug-likeness (QED) is 0.474. The van der Waals surface area contributed by atoms with Crippen LogP contribution in [0, 0.1) is 0 Å². The van der Waals surface area contributed by atoms with Crippen LogP contribution in [0.25, 0.3) is 0 Å². The molecule has 0 radical (unpaired) electrons. The lowest BCUT2D eigenvalue weighted by molar-refractivity contribution is 0.380. The van der Waals surface area contributed by atoms with E-state index in [2.05, 4.69) is 28.9 Å². The normalized spacial score (nSPS) is 16.5. The second-order valence-electron chi connectivity index (χ2n) is 5.31. The Bertz CT molecular complexity index is 429. The second-order valence-corrected chi connectivity index (χ2v) is 5.31. The van der Waals surface area contributed by atoms with Crippen molar-refractivity contribution >= 4 is 29.9 Å². The lowest BCUT2D eigenvalue weighted by Crippen LogP contribution is -2.38. The molecule has 2 heterocycles. The summed E-state index contributed by atoms with van der Waals surface area (Å²) in [5.41, 5.74) is 8.27. The van der Waals surface area contributed by atoms with E-state index in [0.717, 1.165) is 42.9 Å². The van der Waals surface area contributed by atoms with Crippen LogP contribution >= 0.6 is 24.0 Å². The fourth-order valence-electron chi connectivity index (χ4n) is 2.68. The van der Waals surface area contributed by atoms with E-state index in [-0.39, 0.29) is 24.0 Å². The average molecular weight is 406 g/mol. The molecule has 0 amide bonds. The number of nitrogens with zero attached hydrogens (tertiary/aromatic N) is 3. The van der Waals surface area contributed by atoms with Gasteiger partial charge in [0, 0.05) is 25.1 Å². The summed E-state index contributed by atoms with van der Waals surface area (Å²) in [5, 5.41) is 4.11. The van der Waals surface area contributed by atoms with Gasteiger partial charge in [0.2, 0.25) is 0 Å². The number of aromatic nitrogens is 1. The van der Waals surface area contributed by atoms with Crippen LogP contribution in [0.3, 0.4) is 0 Å². The Balaban J connectivity index is 0.00000220. The van der Waals surface area contributed by atoms with Crippen molar-refractivity contribution < 1.29 is 4.52 Å². The minimum Gasteiger partial charge on any atom is -0.370 e. The molecular formula is C15H27IN4O. The summed E-state index contributed by atoms with van der Waals surface area (Å²) >= 11 is 0. The number of halogens is 1. The van der Waals surface area contributed by atoms with E-state index in [0.29, 0.717) is 12.5 Å². The summed E-state index contributed by atoms with van der Waals surface area (Å²) < 4.78 is 5.36. The minimum absolute atomic E-state index is 0. The van der Waals surface area contributed by atoms with Crippen molar-refractivity contribution in [2.75, 3.05) is 13.1 Å². The zero-order valence-corrected chi connectivity index (χ0v) is 15.4. The molecule has 0 spiro atoms. The fourth-order valence-corrected chi connectivity index (χ4v) is 2.68. The molecule has 21 heavy (non-hydrogen) atoms. The Kier molecular flexibility index (Phi) is 8.06. The van der Waals surface area contributed by atoms with E-state index in [1.54, 1.807) is 0 Å². The SMILES string of the molecule is CCc1noc(CC)c1CN=C(N)N1CCCCCC1.I. The van der Waals surface area contributed by atoms with Crippen molar-refractivity contribution in [3.8, 4) is 0 Å². The molecule has 2 rings (SSSR count). The predicted molar refractivity (Wildman–Crippen MR) is 96.0 cm³/mol. The zero-order chi connectivity index (χ0) is 14.4. The maximum Gasteiger partial charge on any atom is 0.191 e. The third kappa shape index (κ3) is 4.86. The van der Waals surface area contributed by atoms with Crippen molar-refractivity contribution in [2.24, 2.45) is 10.7 Å². The van der Waals surface area contributed by atoms with E-state index in [9.17, 15) is 0 Å². The van der Waals surface area contributed by atoms with E-state index >= 15 is 0 Å². The van der Waals surface area contributed by atoms with Crippen molar-refractivity contribution in [1.82, 2.24) is 10.1 Å². The van der Waals surface area contributed by atoms with Gasteiger partial charge in [-0.05, 0) is 19.3 Å². The maximum atomic E-state index is 6.14. The van der Waals surface area contributed by atoms with Crippen LogP contribution in [-0.2, 0) is 19.4 Å². The molecule has 1 aromatic rings. The summed E-state index contributed by atoms with van der Waals surface area (Å²) in [6.07, 6.45) is 6.75. The molecule has 120 valence electrons. The molecule has 2 N–H and O–H groups in total. The molecule has 1 aliphatic rings. The van der Waals surface area contributed by atoms with Crippen molar-refractivity contribution in [2.45, 2.75) is 58.9 Å². The first-order valence-corrected chi connectivity index (χ1v) is 7.77. The number of nitrogens with two attached hydrogens (primary N) is 1. The van der Waals surface area contributed by atoms with Gasteiger partial charge >= 0.3 is 0 Å². The number of likely N-dealkylation sites (tertiary alicyclic amines) is 1. The Labute approximate surface area is 144 Å². The van der Waals surface area contributed by atoms with Crippen LogP contribution in [0.4, 0.5) is 0 Å². The fraction of sp³-hybridized carbons (Fsp3) is 0.733. The van der Waals surface area contributed by atoms with Crippen molar-refractivity contribution in [1.29, 1.82) is 0 Å². The van der Waals surface area contributed by atoms with Gasteiger partial charge < -0.3 is 15.2 Å². The molecule has 0 bridgehead atoms. The molecule has 1 aromatic heterocycles. The highest BCUT2D eigenvalue weighted by Gasteiger charge is 2.14. The van der Waals surface area contributed by atoms with Crippen LogP contribution in [0.1, 0.15) is 56.5 Å². The second kappa shape index (κ2) is 9.27. The summed E-state index contributed by atoms with van der Waals surface area (Å²) in [7, 11) is 0. The van der Waals surface area contributed by atoms with Gasteiger partial charge in [-0.2, -0.15) is 0 Å². The van der Waals surface area contributed by atoms with E-state index in [1.165, 1.54) is 25.7 Å². The average Bonchev–Trinajstić information content (AvgIpc) is 2.67. The van der Waals surface area contributed by atoms with E-state index < -0.39 is 0 Å². The summed E-state index contributed by atoms with van der Waals surface area (Å²) in [6, 6.07) is 0. The van der Waals surface area contributed by atoms with Gasteiger partial charge in [-0.25, -0.2) is 4.99 Å². The Morgan fingerprint density at radius 2 is 1.86 bits per heavy atom. The number of aliphatic imine (C=N–C) groups is 1. The van der Waals surface area contributed by atoms with Crippen LogP contribution in [0.5, 0.6) is 0 Å². The van der Waals surface area contributed by atoms with Gasteiger partial charge in [-0.3, -0.25) is 0 Å². The summed E-state index contributed by atoms with van der Waals surface area (Å²) in [4.78, 5) is 6.78. The molecular weight excluding hydrogens is 379 g/mol. The molecule has 1 saturated heterocycles. The number of rotatable bonds is 4. The predicted octanol–water partition coefficient (Wildman–Crippen LogP) is 3.11. The molecule has 0 atom stereocenters. The molecule has 0 aliphatic carbocycles. The van der Waals surface area contributed by atoms with Gasteiger partial charge in [0.25, 0.3) is 0 Å². The van der Waals surface area contributed by atoms with Crippen LogP contribution in [0.2, 0.25) is 0 Å². The minimum atomic E-state index is 0. The van der Waals surface area contributed by atoms with E-state index in [1.807, 2.05) is 0 Å². The first-order chi connectivity index (χ1) is 9.76. The van der Waals surface area contributed by atoms with Crippen LogP contribution in [0.15, 0.2) is 9.52 Å². The van der Waals surface area contributed by atoms with Gasteiger partial charge in [-0.15, -0.1) is 24.0 Å². The standard InChI is InChI=1S/C15H26N4O.HI/c1-3-13-12(14(4-2)20-18-13)11-17-15(16)19-9-7-5-6-8-10-19;/h3-11H2,1-2H3,(H2,16,17);1H. The molecule has 6 heteroatoms. The van der Waals surface area contributed by atoms with Crippen LogP contribution < -0.4 is 5.73 Å². The first-order valence-electron chi connectivity index (χ1n) is 7.77. The third-order valence-corrected chi connectivity index (χ3v) is 3.94. The maximum absolute atomic E-state index is 6.14. The lowest BCUT2D eigenvalue weighted by Gasteiger charge is -2.21. The molecule has 1 fully saturated rings. The zero-order valence-electron chi connectivity index (χ0n) is 13.1. The smallest absolute Gasteiger partial charge is 0.191 e. The first kappa shape index (κ1) is 18.3. The van der Waals surface area contributed by atoms with Crippen LogP contribution in [-0.4, -0.2) is 29.1 Å². The van der Waals surface area contributed by atoms with Crippen molar-refractivity contribution in [3.63, 3.8) is 0 Å². The topological polar surface area (TPSA) is 67.6 Å². The number of aryl methyl sites for hydroxylation is 2. The molecule has 0 saturated carbocycles. The molecule has 0 aromatic carbocycles. The summed E-state index contributed by atoms with van der Waals surface area (Å²) in [5.74, 6) is 1.60. The van der Waals surface area contributed by atoms with E-state index in [4.69, 9.17) is 10.3 Å². The largest absolute Gasteiger partial charge is 0.370 e. The van der Waals surface area contributed by atoms with Gasteiger partial charge in [0.05, 0.1) is 12.2 Å². The van der Waals surface area contributed by atoms with Crippen molar-refractivity contribution in [3.05, 3.63) is 17.0 Å². The monoisotopic (exact) mass is 406 g/mol. The molecule has 1 aliphatic heterocycles. The molecule has 5 nitrogen and oxygen atoms in total. The Morgan fingerprint density at radius 3 is 2.43 bits per heavy atom. The highest BCUT2D eigenvalue weighted by Crippen LogP contribution is 2.17. The number of hydrogen-bond acceptors (Lipinski definition) is 3. The highest BCUT2D eigenvalue weighted by molar-refractivity contribution is 14.0. The number of hydrogen-bond donors (Lipinski definition) is 1. The molecule has 0 unspecified atom stereocenters. The van der Waals surface area contributed by atoms with Gasteiger partial charge in [0.1, 0.15) is 5.76 Å². The highest BCUT2D eigenvalue weighted by atomic mass is 127. The number of guanidine groups is 1. The third-order valence-electron chi connectivity index (χ3n) is 3.94. The summed E-state index contributed by atoms with van der Waals surface area (Å²) in [6.45, 7) is 6.80. The Hall–Kier alpha value is -0.790. The Morgan fingerprint density at radius 1 is 1.19 bits per heavy atom. The lowest BCUT2D eigenvalue weighted by atomic mass is 10.1.